The molecule has 8 nitrogen and oxygen atoms in total. The van der Waals surface area contributed by atoms with E-state index in [0.717, 1.165) is 12.0 Å². The first kappa shape index (κ1) is 26.7. The van der Waals surface area contributed by atoms with Crippen LogP contribution in [0, 0.1) is 11.8 Å². The number of amides is 1. The summed E-state index contributed by atoms with van der Waals surface area (Å²) in [5, 5.41) is 2.79. The lowest BCUT2D eigenvalue weighted by atomic mass is 9.97. The zero-order valence-corrected chi connectivity index (χ0v) is 21.6. The first-order valence-electron chi connectivity index (χ1n) is 12.1. The first-order chi connectivity index (χ1) is 16.6. The lowest BCUT2D eigenvalue weighted by Gasteiger charge is -2.34. The number of piperidine rings is 1. The normalized spacial score (nSPS) is 17.2. The van der Waals surface area contributed by atoms with Crippen molar-refractivity contribution in [3.63, 3.8) is 0 Å². The molecule has 0 aromatic heterocycles. The Hall–Kier alpha value is -2.91. The molecule has 1 saturated heterocycles. The van der Waals surface area contributed by atoms with E-state index in [-0.39, 0.29) is 28.6 Å². The molecular formula is C26H35N3O5S. The van der Waals surface area contributed by atoms with Gasteiger partial charge in [0.1, 0.15) is 4.90 Å². The van der Waals surface area contributed by atoms with E-state index >= 15 is 0 Å². The third kappa shape index (κ3) is 6.82. The quantitative estimate of drug-likeness (QED) is 0.501. The van der Waals surface area contributed by atoms with Crippen LogP contribution in [0.25, 0.3) is 0 Å². The number of nitrogens with one attached hydrogen (secondary N) is 2. The van der Waals surface area contributed by atoms with Gasteiger partial charge in [0.05, 0.1) is 18.2 Å². The molecule has 0 bridgehead atoms. The average Bonchev–Trinajstić information content (AvgIpc) is 2.84. The number of rotatable bonds is 9. The van der Waals surface area contributed by atoms with Gasteiger partial charge in [0.2, 0.25) is 15.9 Å². The van der Waals surface area contributed by atoms with Gasteiger partial charge in [-0.15, -0.1) is 0 Å². The zero-order chi connectivity index (χ0) is 25.6. The molecule has 0 saturated carbocycles. The van der Waals surface area contributed by atoms with Crippen LogP contribution >= 0.6 is 0 Å². The number of esters is 1. The third-order valence-corrected chi connectivity index (χ3v) is 7.62. The molecule has 0 aliphatic carbocycles. The van der Waals surface area contributed by atoms with E-state index in [2.05, 4.69) is 10.0 Å². The minimum atomic E-state index is -3.97. The standard InChI is InChI=1S/C26H35N3O5S/c1-5-34-26(31)21-12-9-15-29(17-21)23-14-13-22(27-25(30)18(2)3)16-24(23)35(32,33)28-19(4)20-10-7-6-8-11-20/h6-8,10-11,13-14,16,18-19,21,28H,5,9,12,15,17H2,1-4H3,(H,27,30)/t19-,21-/m1/s1. The van der Waals surface area contributed by atoms with E-state index in [4.69, 9.17) is 4.74 Å². The monoisotopic (exact) mass is 501 g/mol. The van der Waals surface area contributed by atoms with Gasteiger partial charge in [-0.05, 0) is 50.5 Å². The number of sulfonamides is 1. The van der Waals surface area contributed by atoms with E-state index in [0.29, 0.717) is 37.5 Å². The molecule has 3 rings (SSSR count). The fourth-order valence-corrected chi connectivity index (χ4v) is 5.59. The van der Waals surface area contributed by atoms with Crippen molar-refractivity contribution in [3.8, 4) is 0 Å². The topological polar surface area (TPSA) is 105 Å². The molecular weight excluding hydrogens is 466 g/mol. The number of anilines is 2. The van der Waals surface area contributed by atoms with Crippen LogP contribution in [0.1, 0.15) is 52.1 Å². The number of nitrogens with zero attached hydrogens (tertiary/aromatic N) is 1. The van der Waals surface area contributed by atoms with Gasteiger partial charge in [-0.25, -0.2) is 13.1 Å². The average molecular weight is 502 g/mol. The van der Waals surface area contributed by atoms with Gasteiger partial charge in [-0.1, -0.05) is 44.2 Å². The zero-order valence-electron chi connectivity index (χ0n) is 20.8. The molecule has 2 aromatic rings. The predicted molar refractivity (Wildman–Crippen MR) is 137 cm³/mol. The second kappa shape index (κ2) is 11.7. The Morgan fingerprint density at radius 2 is 1.83 bits per heavy atom. The second-order valence-electron chi connectivity index (χ2n) is 9.12. The lowest BCUT2D eigenvalue weighted by molar-refractivity contribution is -0.148. The van der Waals surface area contributed by atoms with Crippen LogP contribution in [0.2, 0.25) is 0 Å². The van der Waals surface area contributed by atoms with Crippen LogP contribution < -0.4 is 14.9 Å². The van der Waals surface area contributed by atoms with Crippen molar-refractivity contribution in [1.82, 2.24) is 4.72 Å². The fraction of sp³-hybridized carbons (Fsp3) is 0.462. The second-order valence-corrected chi connectivity index (χ2v) is 10.8. The lowest BCUT2D eigenvalue weighted by Crippen LogP contribution is -2.40. The van der Waals surface area contributed by atoms with Crippen molar-refractivity contribution in [3.05, 3.63) is 54.1 Å². The Kier molecular flexibility index (Phi) is 8.91. The number of benzene rings is 2. The summed E-state index contributed by atoms with van der Waals surface area (Å²) in [7, 11) is -3.97. The summed E-state index contributed by atoms with van der Waals surface area (Å²) >= 11 is 0. The number of carbonyl (C=O) groups excluding carboxylic acids is 2. The van der Waals surface area contributed by atoms with Gasteiger partial charge in [0.15, 0.2) is 0 Å². The minimum absolute atomic E-state index is 0.0614. The maximum absolute atomic E-state index is 13.6. The summed E-state index contributed by atoms with van der Waals surface area (Å²) < 4.78 is 35.2. The summed E-state index contributed by atoms with van der Waals surface area (Å²) in [5.41, 5.74) is 1.73. The molecule has 0 spiro atoms. The Labute approximate surface area is 208 Å². The van der Waals surface area contributed by atoms with Crippen LogP contribution in [0.15, 0.2) is 53.4 Å². The number of carbonyl (C=O) groups is 2. The molecule has 0 unspecified atom stereocenters. The van der Waals surface area contributed by atoms with Crippen LogP contribution in [0.3, 0.4) is 0 Å². The highest BCUT2D eigenvalue weighted by Gasteiger charge is 2.31. The summed E-state index contributed by atoms with van der Waals surface area (Å²) in [6, 6.07) is 13.7. The Balaban J connectivity index is 1.97. The van der Waals surface area contributed by atoms with E-state index < -0.39 is 16.1 Å². The Morgan fingerprint density at radius 1 is 1.11 bits per heavy atom. The smallest absolute Gasteiger partial charge is 0.310 e. The van der Waals surface area contributed by atoms with Crippen molar-refractivity contribution in [2.24, 2.45) is 11.8 Å². The fourth-order valence-electron chi connectivity index (χ4n) is 4.11. The SMILES string of the molecule is CCOC(=O)[C@@H]1CCCN(c2ccc(NC(=O)C(C)C)cc2S(=O)(=O)N[C@H](C)c2ccccc2)C1. The summed E-state index contributed by atoms with van der Waals surface area (Å²) in [5.74, 6) is -1.04. The Morgan fingerprint density at radius 3 is 2.49 bits per heavy atom. The van der Waals surface area contributed by atoms with E-state index in [9.17, 15) is 18.0 Å². The minimum Gasteiger partial charge on any atom is -0.466 e. The van der Waals surface area contributed by atoms with Gasteiger partial charge in [0.25, 0.3) is 0 Å². The molecule has 1 amide bonds. The molecule has 2 atom stereocenters. The van der Waals surface area contributed by atoms with Crippen LogP contribution in [-0.4, -0.2) is 40.0 Å². The molecule has 1 heterocycles. The van der Waals surface area contributed by atoms with Crippen molar-refractivity contribution in [2.75, 3.05) is 29.9 Å². The molecule has 9 heteroatoms. The molecule has 2 aromatic carbocycles. The Bertz CT molecular complexity index is 1130. The highest BCUT2D eigenvalue weighted by atomic mass is 32.2. The summed E-state index contributed by atoms with van der Waals surface area (Å²) in [4.78, 5) is 26.6. The molecule has 1 aliphatic heterocycles. The van der Waals surface area contributed by atoms with Crippen molar-refractivity contribution < 1.29 is 22.7 Å². The molecule has 1 fully saturated rings. The highest BCUT2D eigenvalue weighted by Crippen LogP contribution is 2.33. The first-order valence-corrected chi connectivity index (χ1v) is 13.5. The molecule has 1 aliphatic rings. The van der Waals surface area contributed by atoms with E-state index in [1.165, 1.54) is 6.07 Å². The van der Waals surface area contributed by atoms with Crippen molar-refractivity contribution in [1.29, 1.82) is 0 Å². The third-order valence-electron chi connectivity index (χ3n) is 6.05. The molecule has 0 radical (unpaired) electrons. The number of hydrogen-bond acceptors (Lipinski definition) is 6. The summed E-state index contributed by atoms with van der Waals surface area (Å²) in [6.45, 7) is 8.39. The van der Waals surface area contributed by atoms with E-state index in [1.54, 1.807) is 39.8 Å². The van der Waals surface area contributed by atoms with Crippen LogP contribution in [0.4, 0.5) is 11.4 Å². The van der Waals surface area contributed by atoms with E-state index in [1.807, 2.05) is 35.2 Å². The number of ether oxygens (including phenoxy) is 1. The van der Waals surface area contributed by atoms with Crippen molar-refractivity contribution in [2.45, 2.75) is 51.5 Å². The van der Waals surface area contributed by atoms with Gasteiger partial charge in [0, 0.05) is 30.7 Å². The van der Waals surface area contributed by atoms with Gasteiger partial charge in [-0.3, -0.25) is 9.59 Å². The predicted octanol–water partition coefficient (Wildman–Crippen LogP) is 4.10. The maximum Gasteiger partial charge on any atom is 0.310 e. The van der Waals surface area contributed by atoms with Gasteiger partial charge in [-0.2, -0.15) is 0 Å². The molecule has 35 heavy (non-hydrogen) atoms. The van der Waals surface area contributed by atoms with Crippen LogP contribution in [-0.2, 0) is 24.3 Å². The largest absolute Gasteiger partial charge is 0.466 e. The number of hydrogen-bond donors (Lipinski definition) is 2. The highest BCUT2D eigenvalue weighted by molar-refractivity contribution is 7.89. The molecule has 190 valence electrons. The summed E-state index contributed by atoms with van der Waals surface area (Å²) in [6.07, 6.45) is 1.44. The van der Waals surface area contributed by atoms with Gasteiger partial charge >= 0.3 is 5.97 Å². The molecule has 2 N–H and O–H groups in total. The van der Waals surface area contributed by atoms with Gasteiger partial charge < -0.3 is 15.0 Å². The van der Waals surface area contributed by atoms with Crippen molar-refractivity contribution >= 4 is 33.3 Å². The maximum atomic E-state index is 13.6. The van der Waals surface area contributed by atoms with Crippen LogP contribution in [0.5, 0.6) is 0 Å².